The number of nitro benzene ring substituents is 1. The summed E-state index contributed by atoms with van der Waals surface area (Å²) in [7, 11) is 0. The molecule has 1 aliphatic rings. The normalized spacial score (nSPS) is 20.8. The molecule has 9 heteroatoms. The van der Waals surface area contributed by atoms with Gasteiger partial charge in [-0.25, -0.2) is 4.79 Å². The van der Waals surface area contributed by atoms with Crippen molar-refractivity contribution in [2.45, 2.75) is 30.7 Å². The molecule has 1 aromatic carbocycles. The molecular weight excluding hydrogens is 322 g/mol. The number of thiol groups is 1. The Bertz CT molecular complexity index is 607. The fourth-order valence-electron chi connectivity index (χ4n) is 2.39. The van der Waals surface area contributed by atoms with Crippen LogP contribution in [0.3, 0.4) is 0 Å². The van der Waals surface area contributed by atoms with Crippen LogP contribution in [0.15, 0.2) is 24.3 Å². The fraction of sp³-hybridized carbons (Fsp3) is 0.429. The Hall–Kier alpha value is -2.29. The summed E-state index contributed by atoms with van der Waals surface area (Å²) in [5.41, 5.74) is 5.89. The van der Waals surface area contributed by atoms with Crippen LogP contribution in [-0.4, -0.2) is 39.7 Å². The number of carbonyl (C=O) groups excluding carboxylic acids is 2. The minimum Gasteiger partial charge on any atom is -0.445 e. The molecule has 0 aromatic heterocycles. The Morgan fingerprint density at radius 2 is 2.00 bits per heavy atom. The summed E-state index contributed by atoms with van der Waals surface area (Å²) >= 11 is 4.33. The minimum absolute atomic E-state index is 0.0301. The van der Waals surface area contributed by atoms with Crippen LogP contribution in [0.25, 0.3) is 0 Å². The molecule has 2 rings (SSSR count). The number of hydrogen-bond acceptors (Lipinski definition) is 6. The number of piperidine rings is 1. The molecule has 0 spiro atoms. The van der Waals surface area contributed by atoms with E-state index in [1.165, 1.54) is 29.2 Å². The highest BCUT2D eigenvalue weighted by atomic mass is 32.1. The number of nitro groups is 1. The maximum absolute atomic E-state index is 12.2. The molecule has 0 saturated carbocycles. The van der Waals surface area contributed by atoms with Crippen LogP contribution in [0.2, 0.25) is 0 Å². The molecule has 0 radical (unpaired) electrons. The topological polar surface area (TPSA) is 116 Å². The third kappa shape index (κ3) is 4.35. The van der Waals surface area contributed by atoms with Crippen molar-refractivity contribution in [3.8, 4) is 0 Å². The summed E-state index contributed by atoms with van der Waals surface area (Å²) in [6.45, 7) is 0.242. The van der Waals surface area contributed by atoms with Crippen LogP contribution >= 0.6 is 12.6 Å². The molecule has 8 nitrogen and oxygen atoms in total. The molecule has 124 valence electrons. The van der Waals surface area contributed by atoms with Gasteiger partial charge < -0.3 is 10.5 Å². The molecule has 0 unspecified atom stereocenters. The van der Waals surface area contributed by atoms with Gasteiger partial charge in [0.05, 0.1) is 4.92 Å². The number of ether oxygens (including phenoxy) is 1. The van der Waals surface area contributed by atoms with E-state index in [1.54, 1.807) is 0 Å². The molecule has 1 aliphatic heterocycles. The highest BCUT2D eigenvalue weighted by molar-refractivity contribution is 7.81. The first-order chi connectivity index (χ1) is 10.9. The van der Waals surface area contributed by atoms with E-state index in [-0.39, 0.29) is 24.1 Å². The molecule has 23 heavy (non-hydrogen) atoms. The second-order valence-electron chi connectivity index (χ2n) is 5.28. The van der Waals surface area contributed by atoms with Crippen molar-refractivity contribution in [3.63, 3.8) is 0 Å². The van der Waals surface area contributed by atoms with Gasteiger partial charge in [-0.1, -0.05) is 0 Å². The third-order valence-corrected chi connectivity index (χ3v) is 4.05. The highest BCUT2D eigenvalue weighted by Crippen LogP contribution is 2.22. The quantitative estimate of drug-likeness (QED) is 0.490. The van der Waals surface area contributed by atoms with E-state index in [2.05, 4.69) is 12.6 Å². The maximum atomic E-state index is 12.2. The van der Waals surface area contributed by atoms with Crippen molar-refractivity contribution in [3.05, 3.63) is 39.9 Å². The highest BCUT2D eigenvalue weighted by Gasteiger charge is 2.34. The van der Waals surface area contributed by atoms with Gasteiger partial charge in [0.1, 0.15) is 12.6 Å². The molecule has 1 fully saturated rings. The van der Waals surface area contributed by atoms with E-state index in [4.69, 9.17) is 10.5 Å². The van der Waals surface area contributed by atoms with Crippen LogP contribution in [0.5, 0.6) is 0 Å². The Balaban J connectivity index is 1.97. The van der Waals surface area contributed by atoms with Crippen LogP contribution in [0.1, 0.15) is 18.4 Å². The number of non-ortho nitro benzene ring substituents is 1. The first-order valence-corrected chi connectivity index (χ1v) is 7.54. The van der Waals surface area contributed by atoms with Crippen molar-refractivity contribution in [2.75, 3.05) is 6.54 Å². The van der Waals surface area contributed by atoms with Crippen molar-refractivity contribution in [1.29, 1.82) is 0 Å². The number of carbonyl (C=O) groups is 2. The Morgan fingerprint density at radius 3 is 2.57 bits per heavy atom. The lowest BCUT2D eigenvalue weighted by molar-refractivity contribution is -0.384. The van der Waals surface area contributed by atoms with Crippen LogP contribution < -0.4 is 5.73 Å². The van der Waals surface area contributed by atoms with Gasteiger partial charge in [0.25, 0.3) is 5.69 Å². The number of nitrogens with zero attached hydrogens (tertiary/aromatic N) is 2. The Morgan fingerprint density at radius 1 is 1.35 bits per heavy atom. The first kappa shape index (κ1) is 17.1. The van der Waals surface area contributed by atoms with E-state index in [0.717, 1.165) is 0 Å². The molecular formula is C14H17N3O5S. The van der Waals surface area contributed by atoms with Crippen LogP contribution in [-0.2, 0) is 16.1 Å². The molecule has 0 bridgehead atoms. The fourth-order valence-corrected chi connectivity index (χ4v) is 2.72. The van der Waals surface area contributed by atoms with Gasteiger partial charge in [-0.05, 0) is 30.5 Å². The molecule has 0 aliphatic carbocycles. The second kappa shape index (κ2) is 7.32. The van der Waals surface area contributed by atoms with Gasteiger partial charge in [-0.2, -0.15) is 12.6 Å². The Kier molecular flexibility index (Phi) is 5.43. The van der Waals surface area contributed by atoms with Crippen molar-refractivity contribution >= 4 is 30.3 Å². The second-order valence-corrected chi connectivity index (χ2v) is 6.01. The molecule has 1 heterocycles. The summed E-state index contributed by atoms with van der Waals surface area (Å²) in [6.07, 6.45) is 0.504. The number of nitrogens with two attached hydrogens (primary N) is 1. The van der Waals surface area contributed by atoms with E-state index in [0.29, 0.717) is 18.4 Å². The van der Waals surface area contributed by atoms with Crippen molar-refractivity contribution in [1.82, 2.24) is 4.90 Å². The van der Waals surface area contributed by atoms with E-state index in [9.17, 15) is 19.7 Å². The van der Waals surface area contributed by atoms with Crippen molar-refractivity contribution < 1.29 is 19.2 Å². The number of benzene rings is 1. The largest absolute Gasteiger partial charge is 0.445 e. The SMILES string of the molecule is NC(=O)[C@@H]1CC[C@H](S)CN1C(=O)OCc1ccc([N+](=O)[O-])cc1. The third-order valence-electron chi connectivity index (χ3n) is 3.63. The molecule has 1 aromatic rings. The smallest absolute Gasteiger partial charge is 0.410 e. The number of primary amides is 1. The summed E-state index contributed by atoms with van der Waals surface area (Å²) in [5.74, 6) is -0.572. The molecule has 2 N–H and O–H groups in total. The Labute approximate surface area is 138 Å². The maximum Gasteiger partial charge on any atom is 0.410 e. The molecule has 1 saturated heterocycles. The number of likely N-dealkylation sites (tertiary alicyclic amines) is 1. The number of rotatable bonds is 4. The number of hydrogen-bond donors (Lipinski definition) is 2. The first-order valence-electron chi connectivity index (χ1n) is 7.02. The van der Waals surface area contributed by atoms with Crippen molar-refractivity contribution in [2.24, 2.45) is 5.73 Å². The van der Waals surface area contributed by atoms with Gasteiger partial charge in [-0.15, -0.1) is 0 Å². The summed E-state index contributed by atoms with van der Waals surface area (Å²) in [4.78, 5) is 35.0. The minimum atomic E-state index is -0.692. The molecule has 2 atom stereocenters. The van der Waals surface area contributed by atoms with Crippen LogP contribution in [0, 0.1) is 10.1 Å². The average Bonchev–Trinajstić information content (AvgIpc) is 2.52. The summed E-state index contributed by atoms with van der Waals surface area (Å²) < 4.78 is 5.17. The monoisotopic (exact) mass is 339 g/mol. The zero-order valence-electron chi connectivity index (χ0n) is 12.3. The van der Waals surface area contributed by atoms with E-state index in [1.807, 2.05) is 0 Å². The van der Waals surface area contributed by atoms with E-state index >= 15 is 0 Å². The van der Waals surface area contributed by atoms with Gasteiger partial charge in [0.15, 0.2) is 0 Å². The standard InChI is InChI=1S/C14H17N3O5S/c15-13(18)12-6-5-11(23)7-16(12)14(19)22-8-9-1-3-10(4-2-9)17(20)21/h1-4,11-12,23H,5-8H2,(H2,15,18)/t11-,12-/m0/s1. The lowest BCUT2D eigenvalue weighted by Gasteiger charge is -2.35. The predicted molar refractivity (Wildman–Crippen MR) is 85.0 cm³/mol. The lowest BCUT2D eigenvalue weighted by Crippen LogP contribution is -2.53. The van der Waals surface area contributed by atoms with Gasteiger partial charge in [0, 0.05) is 23.9 Å². The predicted octanol–water partition coefficient (Wildman–Crippen LogP) is 1.48. The zero-order chi connectivity index (χ0) is 17.0. The van der Waals surface area contributed by atoms with Crippen LogP contribution in [0.4, 0.5) is 10.5 Å². The zero-order valence-corrected chi connectivity index (χ0v) is 13.1. The van der Waals surface area contributed by atoms with Gasteiger partial charge in [-0.3, -0.25) is 19.8 Å². The lowest BCUT2D eigenvalue weighted by atomic mass is 10.0. The molecule has 2 amide bonds. The van der Waals surface area contributed by atoms with E-state index < -0.39 is 23.0 Å². The summed E-state index contributed by atoms with van der Waals surface area (Å²) in [6, 6.07) is 4.99. The summed E-state index contributed by atoms with van der Waals surface area (Å²) in [5, 5.41) is 10.5. The average molecular weight is 339 g/mol. The number of amides is 2. The van der Waals surface area contributed by atoms with Gasteiger partial charge in [0.2, 0.25) is 5.91 Å². The van der Waals surface area contributed by atoms with Gasteiger partial charge >= 0.3 is 6.09 Å².